The van der Waals surface area contributed by atoms with Crippen LogP contribution in [0.1, 0.15) is 23.3 Å². The SMILES string of the molecule is O=C(c1cc2ccccc2[nH]1)N1CCCC(CNc2cc(-c3ccccc3Cl)nc3c(Br)cnn23)C1. The van der Waals surface area contributed by atoms with Crippen molar-refractivity contribution in [3.05, 3.63) is 82.0 Å². The molecule has 182 valence electrons. The number of para-hydroxylation sites is 1. The third kappa shape index (κ3) is 4.35. The number of benzene rings is 2. The van der Waals surface area contributed by atoms with Crippen molar-refractivity contribution < 1.29 is 4.79 Å². The predicted octanol–water partition coefficient (Wildman–Crippen LogP) is 6.26. The highest BCUT2D eigenvalue weighted by Crippen LogP contribution is 2.30. The van der Waals surface area contributed by atoms with Gasteiger partial charge in [-0.05, 0) is 52.9 Å². The lowest BCUT2D eigenvalue weighted by Crippen LogP contribution is -2.42. The minimum absolute atomic E-state index is 0.0548. The van der Waals surface area contributed by atoms with E-state index in [2.05, 4.69) is 31.3 Å². The number of rotatable bonds is 5. The van der Waals surface area contributed by atoms with E-state index in [-0.39, 0.29) is 5.91 Å². The first kappa shape index (κ1) is 23.1. The summed E-state index contributed by atoms with van der Waals surface area (Å²) in [5.74, 6) is 1.21. The average Bonchev–Trinajstić information content (AvgIpc) is 3.51. The molecule has 0 spiro atoms. The third-order valence-electron chi connectivity index (χ3n) is 6.72. The Kier molecular flexibility index (Phi) is 6.15. The van der Waals surface area contributed by atoms with Crippen LogP contribution in [-0.2, 0) is 0 Å². The number of nitrogens with one attached hydrogen (secondary N) is 2. The Balaban J connectivity index is 1.21. The van der Waals surface area contributed by atoms with Gasteiger partial charge in [0.05, 0.1) is 16.4 Å². The maximum absolute atomic E-state index is 13.2. The molecule has 36 heavy (non-hydrogen) atoms. The number of piperidine rings is 1. The zero-order valence-corrected chi connectivity index (χ0v) is 21.8. The lowest BCUT2D eigenvalue weighted by Gasteiger charge is -2.32. The van der Waals surface area contributed by atoms with E-state index < -0.39 is 0 Å². The van der Waals surface area contributed by atoms with Crippen LogP contribution in [0.2, 0.25) is 5.02 Å². The van der Waals surface area contributed by atoms with Gasteiger partial charge in [0.15, 0.2) is 5.65 Å². The van der Waals surface area contributed by atoms with Crippen LogP contribution >= 0.6 is 27.5 Å². The number of halogens is 2. The van der Waals surface area contributed by atoms with Crippen LogP contribution in [0.4, 0.5) is 5.82 Å². The normalized spacial score (nSPS) is 16.1. The minimum atomic E-state index is 0.0548. The van der Waals surface area contributed by atoms with Gasteiger partial charge in [-0.3, -0.25) is 4.79 Å². The van der Waals surface area contributed by atoms with Crippen molar-refractivity contribution >= 4 is 55.8 Å². The van der Waals surface area contributed by atoms with Crippen LogP contribution in [0.3, 0.4) is 0 Å². The van der Waals surface area contributed by atoms with Gasteiger partial charge in [-0.1, -0.05) is 48.0 Å². The van der Waals surface area contributed by atoms with Gasteiger partial charge in [0.1, 0.15) is 11.5 Å². The standard InChI is InChI=1S/C27H24BrClN6O/c28-20-15-31-35-25(13-23(33-26(20)35)19-8-2-3-9-21(19)29)30-14-17-6-5-11-34(16-17)27(36)24-12-18-7-1-4-10-22(18)32-24/h1-4,7-10,12-13,15,17,30,32H,5-6,11,14,16H2. The fourth-order valence-corrected chi connectivity index (χ4v) is 5.47. The first-order valence-corrected chi connectivity index (χ1v) is 13.1. The van der Waals surface area contributed by atoms with Crippen molar-refractivity contribution in [2.45, 2.75) is 12.8 Å². The maximum Gasteiger partial charge on any atom is 0.270 e. The van der Waals surface area contributed by atoms with Gasteiger partial charge in [0, 0.05) is 47.2 Å². The first-order chi connectivity index (χ1) is 17.6. The average molecular weight is 564 g/mol. The van der Waals surface area contributed by atoms with Crippen molar-refractivity contribution in [2.75, 3.05) is 25.0 Å². The van der Waals surface area contributed by atoms with Gasteiger partial charge in [-0.15, -0.1) is 0 Å². The molecular formula is C27H24BrClN6O. The van der Waals surface area contributed by atoms with Crippen LogP contribution in [-0.4, -0.2) is 50.0 Å². The van der Waals surface area contributed by atoms with E-state index in [1.807, 2.05) is 65.6 Å². The van der Waals surface area contributed by atoms with Crippen LogP contribution < -0.4 is 5.32 Å². The zero-order chi connectivity index (χ0) is 24.6. The number of nitrogens with zero attached hydrogens (tertiary/aromatic N) is 4. The maximum atomic E-state index is 13.2. The van der Waals surface area contributed by atoms with E-state index in [1.54, 1.807) is 10.7 Å². The molecule has 0 radical (unpaired) electrons. The number of aromatic nitrogens is 4. The molecule has 1 aliphatic heterocycles. The number of amides is 1. The Morgan fingerprint density at radius 2 is 2.00 bits per heavy atom. The summed E-state index contributed by atoms with van der Waals surface area (Å²) in [4.78, 5) is 23.2. The highest BCUT2D eigenvalue weighted by Gasteiger charge is 2.26. The van der Waals surface area contributed by atoms with Crippen molar-refractivity contribution in [3.63, 3.8) is 0 Å². The van der Waals surface area contributed by atoms with E-state index in [4.69, 9.17) is 16.6 Å². The van der Waals surface area contributed by atoms with Gasteiger partial charge >= 0.3 is 0 Å². The molecule has 1 unspecified atom stereocenters. The number of likely N-dealkylation sites (tertiary alicyclic amines) is 1. The second kappa shape index (κ2) is 9.59. The molecule has 6 rings (SSSR count). The largest absolute Gasteiger partial charge is 0.370 e. The van der Waals surface area contributed by atoms with E-state index in [9.17, 15) is 4.79 Å². The first-order valence-electron chi connectivity index (χ1n) is 12.0. The topological polar surface area (TPSA) is 78.3 Å². The number of carbonyl (C=O) groups excluding carboxylic acids is 1. The summed E-state index contributed by atoms with van der Waals surface area (Å²) in [6, 6.07) is 19.6. The fraction of sp³-hybridized carbons (Fsp3) is 0.222. The molecule has 5 aromatic rings. The summed E-state index contributed by atoms with van der Waals surface area (Å²) >= 11 is 10.0. The van der Waals surface area contributed by atoms with Gasteiger partial charge < -0.3 is 15.2 Å². The fourth-order valence-electron chi connectivity index (χ4n) is 4.89. The Morgan fingerprint density at radius 1 is 1.17 bits per heavy atom. The van der Waals surface area contributed by atoms with Crippen LogP contribution in [0.5, 0.6) is 0 Å². The highest BCUT2D eigenvalue weighted by atomic mass is 79.9. The Bertz CT molecular complexity index is 1540. The molecule has 1 amide bonds. The van der Waals surface area contributed by atoms with Crippen LogP contribution in [0.25, 0.3) is 27.8 Å². The van der Waals surface area contributed by atoms with Crippen molar-refractivity contribution in [2.24, 2.45) is 5.92 Å². The molecule has 3 aromatic heterocycles. The Morgan fingerprint density at radius 3 is 2.86 bits per heavy atom. The number of hydrogen-bond donors (Lipinski definition) is 2. The molecular weight excluding hydrogens is 540 g/mol. The number of aromatic amines is 1. The molecule has 1 fully saturated rings. The number of H-pyrrole nitrogens is 1. The monoisotopic (exact) mass is 562 g/mol. The summed E-state index contributed by atoms with van der Waals surface area (Å²) in [6.45, 7) is 2.19. The summed E-state index contributed by atoms with van der Waals surface area (Å²) in [5.41, 5.74) is 3.99. The summed E-state index contributed by atoms with van der Waals surface area (Å²) in [7, 11) is 0. The lowest BCUT2D eigenvalue weighted by atomic mass is 9.97. The van der Waals surface area contributed by atoms with Crippen LogP contribution in [0.15, 0.2) is 71.3 Å². The second-order valence-electron chi connectivity index (χ2n) is 9.14. The van der Waals surface area contributed by atoms with Gasteiger partial charge in [-0.2, -0.15) is 9.61 Å². The lowest BCUT2D eigenvalue weighted by molar-refractivity contribution is 0.0675. The van der Waals surface area contributed by atoms with Gasteiger partial charge in [0.25, 0.3) is 5.91 Å². The van der Waals surface area contributed by atoms with Crippen molar-refractivity contribution in [1.82, 2.24) is 24.5 Å². The van der Waals surface area contributed by atoms with E-state index in [0.717, 1.165) is 58.4 Å². The quantitative estimate of drug-likeness (QED) is 0.265. The highest BCUT2D eigenvalue weighted by molar-refractivity contribution is 9.10. The molecule has 7 nitrogen and oxygen atoms in total. The van der Waals surface area contributed by atoms with Crippen molar-refractivity contribution in [3.8, 4) is 11.3 Å². The predicted molar refractivity (Wildman–Crippen MR) is 147 cm³/mol. The zero-order valence-electron chi connectivity index (χ0n) is 19.4. The van der Waals surface area contributed by atoms with E-state index in [1.165, 1.54) is 0 Å². The third-order valence-corrected chi connectivity index (χ3v) is 7.61. The summed E-state index contributed by atoms with van der Waals surface area (Å²) < 4.78 is 2.60. The molecule has 1 atom stereocenters. The molecule has 2 aromatic carbocycles. The van der Waals surface area contributed by atoms with Crippen molar-refractivity contribution in [1.29, 1.82) is 0 Å². The van der Waals surface area contributed by atoms with E-state index in [0.29, 0.717) is 28.8 Å². The molecule has 4 heterocycles. The Hall–Kier alpha value is -3.36. The molecule has 0 bridgehead atoms. The number of carbonyl (C=O) groups is 1. The summed E-state index contributed by atoms with van der Waals surface area (Å²) in [6.07, 6.45) is 3.77. The van der Waals surface area contributed by atoms with Gasteiger partial charge in [0.2, 0.25) is 0 Å². The minimum Gasteiger partial charge on any atom is -0.370 e. The molecule has 0 aliphatic carbocycles. The molecule has 2 N–H and O–H groups in total. The molecule has 1 aliphatic rings. The van der Waals surface area contributed by atoms with Gasteiger partial charge in [-0.25, -0.2) is 4.98 Å². The van der Waals surface area contributed by atoms with E-state index >= 15 is 0 Å². The summed E-state index contributed by atoms with van der Waals surface area (Å²) in [5, 5.41) is 9.76. The second-order valence-corrected chi connectivity index (χ2v) is 10.4. The van der Waals surface area contributed by atoms with Crippen LogP contribution in [0, 0.1) is 5.92 Å². The number of fused-ring (bicyclic) bond motifs is 2. The molecule has 1 saturated heterocycles. The Labute approximate surface area is 221 Å². The smallest absolute Gasteiger partial charge is 0.270 e. The molecule has 9 heteroatoms. The molecule has 0 saturated carbocycles. The number of hydrogen-bond acceptors (Lipinski definition) is 4. The number of anilines is 1.